The van der Waals surface area contributed by atoms with Crippen molar-refractivity contribution in [3.63, 3.8) is 0 Å². The molecule has 0 saturated carbocycles. The molecule has 14 heavy (non-hydrogen) atoms. The van der Waals surface area contributed by atoms with Crippen LogP contribution in [0.15, 0.2) is 4.40 Å². The van der Waals surface area contributed by atoms with Crippen LogP contribution < -0.4 is 0 Å². The van der Waals surface area contributed by atoms with E-state index in [1.54, 1.807) is 0 Å². The molecule has 0 radical (unpaired) electrons. The van der Waals surface area contributed by atoms with E-state index in [2.05, 4.69) is 25.2 Å². The highest BCUT2D eigenvalue weighted by Gasteiger charge is 2.10. The van der Waals surface area contributed by atoms with Crippen LogP contribution in [0.1, 0.15) is 33.6 Å². The third-order valence-corrected chi connectivity index (χ3v) is 1.98. The van der Waals surface area contributed by atoms with Crippen LogP contribution >= 0.6 is 11.9 Å². The van der Waals surface area contributed by atoms with Crippen LogP contribution in [0.4, 0.5) is 0 Å². The van der Waals surface area contributed by atoms with Crippen LogP contribution in [0.2, 0.25) is 0 Å². The second-order valence-corrected chi connectivity index (χ2v) is 4.69. The molecule has 0 atom stereocenters. The molecule has 0 bridgehead atoms. The van der Waals surface area contributed by atoms with Crippen LogP contribution in [0.3, 0.4) is 0 Å². The first-order chi connectivity index (χ1) is 6.66. The Kier molecular flexibility index (Phi) is 9.52. The highest BCUT2D eigenvalue weighted by molar-refractivity contribution is 7.97. The largest absolute Gasteiger partial charge is 0.381 e. The third-order valence-electron chi connectivity index (χ3n) is 1.64. The zero-order chi connectivity index (χ0) is 10.8. The highest BCUT2D eigenvalue weighted by atomic mass is 32.2. The van der Waals surface area contributed by atoms with Crippen molar-refractivity contribution in [2.75, 3.05) is 19.5 Å². The van der Waals surface area contributed by atoms with Crippen molar-refractivity contribution in [3.8, 4) is 0 Å². The molecule has 0 unspecified atom stereocenters. The Morgan fingerprint density at radius 1 is 1.29 bits per heavy atom. The Morgan fingerprint density at radius 2 is 1.79 bits per heavy atom. The van der Waals surface area contributed by atoms with Crippen molar-refractivity contribution in [2.24, 2.45) is 16.2 Å². The average Bonchev–Trinajstić information content (AvgIpc) is 2.15. The van der Waals surface area contributed by atoms with Gasteiger partial charge in [-0.05, 0) is 36.6 Å². The summed E-state index contributed by atoms with van der Waals surface area (Å²) in [6.45, 7) is 8.32. The van der Waals surface area contributed by atoms with Gasteiger partial charge in [-0.25, -0.2) is 4.40 Å². The van der Waals surface area contributed by atoms with Gasteiger partial charge in [0.1, 0.15) is 0 Å². The highest BCUT2D eigenvalue weighted by Crippen LogP contribution is 2.12. The minimum absolute atomic E-state index is 0.668. The van der Waals surface area contributed by atoms with Gasteiger partial charge in [-0.1, -0.05) is 20.8 Å². The van der Waals surface area contributed by atoms with Crippen LogP contribution in [0.25, 0.3) is 0 Å². The topological polar surface area (TPSA) is 21.6 Å². The number of rotatable bonds is 2. The molecule has 1 fully saturated rings. The first-order valence-electron chi connectivity index (χ1n) is 5.31. The maximum Gasteiger partial charge on any atom is 0.0472 e. The lowest BCUT2D eigenvalue weighted by molar-refractivity contribution is 0.0839. The van der Waals surface area contributed by atoms with Gasteiger partial charge in [0.05, 0.1) is 0 Å². The second-order valence-electron chi connectivity index (χ2n) is 4.12. The monoisotopic (exact) mass is 217 g/mol. The first-order valence-corrected chi connectivity index (χ1v) is 6.49. The minimum Gasteiger partial charge on any atom is -0.381 e. The van der Waals surface area contributed by atoms with E-state index in [9.17, 15) is 0 Å². The van der Waals surface area contributed by atoms with E-state index < -0.39 is 0 Å². The molecule has 0 aromatic carbocycles. The SMILES string of the molecule is CC(C)C.CS/N=C/C1CCOCC1. The van der Waals surface area contributed by atoms with Gasteiger partial charge in [-0.2, -0.15) is 0 Å². The maximum atomic E-state index is 5.21. The molecule has 0 aromatic rings. The van der Waals surface area contributed by atoms with Crippen LogP contribution in [0, 0.1) is 11.8 Å². The van der Waals surface area contributed by atoms with E-state index in [0.717, 1.165) is 32.0 Å². The van der Waals surface area contributed by atoms with E-state index >= 15 is 0 Å². The fraction of sp³-hybridized carbons (Fsp3) is 0.909. The van der Waals surface area contributed by atoms with E-state index in [1.807, 2.05) is 12.5 Å². The molecule has 0 N–H and O–H groups in total. The van der Waals surface area contributed by atoms with Crippen molar-refractivity contribution in [1.29, 1.82) is 0 Å². The molecule has 1 saturated heterocycles. The summed E-state index contributed by atoms with van der Waals surface area (Å²) in [7, 11) is 0. The normalized spacial score (nSPS) is 18.4. The van der Waals surface area contributed by atoms with Gasteiger partial charge in [0, 0.05) is 25.7 Å². The lowest BCUT2D eigenvalue weighted by Gasteiger charge is -2.17. The Morgan fingerprint density at radius 3 is 2.21 bits per heavy atom. The summed E-state index contributed by atoms with van der Waals surface area (Å²) in [6.07, 6.45) is 6.32. The Bertz CT molecular complexity index is 139. The lowest BCUT2D eigenvalue weighted by atomic mass is 10.0. The average molecular weight is 217 g/mol. The summed E-state index contributed by atoms with van der Waals surface area (Å²) in [5.74, 6) is 1.50. The molecule has 2 nitrogen and oxygen atoms in total. The molecule has 1 aliphatic rings. The number of hydrogen-bond donors (Lipinski definition) is 0. The second kappa shape index (κ2) is 9.53. The number of hydrogen-bond acceptors (Lipinski definition) is 3. The zero-order valence-corrected chi connectivity index (χ0v) is 10.6. The molecule has 0 aliphatic carbocycles. The molecule has 0 spiro atoms. The van der Waals surface area contributed by atoms with Crippen molar-refractivity contribution < 1.29 is 4.74 Å². The van der Waals surface area contributed by atoms with Crippen molar-refractivity contribution in [2.45, 2.75) is 33.6 Å². The van der Waals surface area contributed by atoms with Gasteiger partial charge in [-0.3, -0.25) is 0 Å². The molecule has 1 aliphatic heterocycles. The smallest absolute Gasteiger partial charge is 0.0472 e. The summed E-state index contributed by atoms with van der Waals surface area (Å²) in [5, 5.41) is 0. The molecule has 1 heterocycles. The van der Waals surface area contributed by atoms with Crippen LogP contribution in [-0.4, -0.2) is 25.7 Å². The fourth-order valence-electron chi connectivity index (χ4n) is 1.01. The van der Waals surface area contributed by atoms with E-state index in [1.165, 1.54) is 11.9 Å². The van der Waals surface area contributed by atoms with Gasteiger partial charge < -0.3 is 4.74 Å². The standard InChI is InChI=1S/C7H13NOS.C4H10/c1-10-8-6-7-2-4-9-5-3-7;1-4(2)3/h6-7H,2-5H2,1H3;4H,1-3H3/b8-6+;. The van der Waals surface area contributed by atoms with Crippen LogP contribution in [-0.2, 0) is 4.74 Å². The van der Waals surface area contributed by atoms with E-state index in [0.29, 0.717) is 5.92 Å². The molecule has 1 rings (SSSR count). The number of ether oxygens (including phenoxy) is 1. The third kappa shape index (κ3) is 10.1. The summed E-state index contributed by atoms with van der Waals surface area (Å²) in [5.41, 5.74) is 0. The van der Waals surface area contributed by atoms with Gasteiger partial charge in [0.25, 0.3) is 0 Å². The lowest BCUT2D eigenvalue weighted by Crippen LogP contribution is -2.16. The maximum absolute atomic E-state index is 5.21. The van der Waals surface area contributed by atoms with Gasteiger partial charge >= 0.3 is 0 Å². The molecule has 0 aromatic heterocycles. The number of nitrogens with zero attached hydrogens (tertiary/aromatic N) is 1. The Labute approximate surface area is 92.7 Å². The predicted octanol–water partition coefficient (Wildman–Crippen LogP) is 3.42. The minimum atomic E-state index is 0.668. The summed E-state index contributed by atoms with van der Waals surface area (Å²) >= 11 is 1.52. The predicted molar refractivity (Wildman–Crippen MR) is 66.1 cm³/mol. The van der Waals surface area contributed by atoms with E-state index in [4.69, 9.17) is 4.74 Å². The molecule has 84 valence electrons. The van der Waals surface area contributed by atoms with E-state index in [-0.39, 0.29) is 0 Å². The van der Waals surface area contributed by atoms with Gasteiger partial charge in [0.15, 0.2) is 0 Å². The van der Waals surface area contributed by atoms with Crippen LogP contribution in [0.5, 0.6) is 0 Å². The molecular formula is C11H23NOS. The zero-order valence-electron chi connectivity index (χ0n) is 9.82. The fourth-order valence-corrected chi connectivity index (χ4v) is 1.31. The van der Waals surface area contributed by atoms with Crippen molar-refractivity contribution in [1.82, 2.24) is 0 Å². The van der Waals surface area contributed by atoms with Gasteiger partial charge in [0.2, 0.25) is 0 Å². The molecular weight excluding hydrogens is 194 g/mol. The molecule has 3 heteroatoms. The Hall–Kier alpha value is -0.0200. The first kappa shape index (κ1) is 14.0. The summed E-state index contributed by atoms with van der Waals surface area (Å²) < 4.78 is 9.34. The molecule has 0 amide bonds. The Balaban J connectivity index is 0.000000364. The van der Waals surface area contributed by atoms with Gasteiger partial charge in [-0.15, -0.1) is 0 Å². The van der Waals surface area contributed by atoms with Crippen molar-refractivity contribution in [3.05, 3.63) is 0 Å². The summed E-state index contributed by atoms with van der Waals surface area (Å²) in [4.78, 5) is 0. The quantitative estimate of drug-likeness (QED) is 0.522. The summed E-state index contributed by atoms with van der Waals surface area (Å²) in [6, 6.07) is 0. The van der Waals surface area contributed by atoms with Crippen molar-refractivity contribution >= 4 is 18.2 Å².